The van der Waals surface area contributed by atoms with Crippen molar-refractivity contribution >= 4 is 29.1 Å². The number of hydrogen-bond donors (Lipinski definition) is 1. The van der Waals surface area contributed by atoms with E-state index in [2.05, 4.69) is 10.4 Å². The first-order chi connectivity index (χ1) is 15.9. The van der Waals surface area contributed by atoms with Gasteiger partial charge in [0.2, 0.25) is 0 Å². The Hall–Kier alpha value is -3.12. The van der Waals surface area contributed by atoms with Gasteiger partial charge < -0.3 is 10.2 Å². The Balaban J connectivity index is 1.43. The number of carbonyl (C=O) groups excluding carboxylic acids is 2. The van der Waals surface area contributed by atoms with Crippen molar-refractivity contribution in [2.24, 2.45) is 0 Å². The standard InChI is InChI=1S/C26H29ClN4O2/c1-18-23(24(27)31(29-18)17-19-9-5-3-6-10-19)25(32)28-21-15-13-20(14-16-21)26(33)30(2)22-11-7-4-8-12-22/h3,5-6,9-10,13-16,22H,4,7-8,11-12,17H2,1-2H3,(H,28,32). The molecule has 2 aromatic carbocycles. The molecule has 0 spiro atoms. The Bertz CT molecular complexity index is 1120. The van der Waals surface area contributed by atoms with Gasteiger partial charge in [0.25, 0.3) is 11.8 Å². The topological polar surface area (TPSA) is 67.2 Å². The average Bonchev–Trinajstić information content (AvgIpc) is 3.12. The first-order valence-corrected chi connectivity index (χ1v) is 11.8. The van der Waals surface area contributed by atoms with Crippen LogP contribution >= 0.6 is 11.6 Å². The summed E-state index contributed by atoms with van der Waals surface area (Å²) in [6.07, 6.45) is 5.73. The van der Waals surface area contributed by atoms with Gasteiger partial charge in [0.05, 0.1) is 17.8 Å². The molecule has 1 N–H and O–H groups in total. The molecular formula is C26H29ClN4O2. The predicted molar refractivity (Wildman–Crippen MR) is 131 cm³/mol. The molecular weight excluding hydrogens is 436 g/mol. The molecule has 1 saturated carbocycles. The lowest BCUT2D eigenvalue weighted by Crippen LogP contribution is -2.38. The summed E-state index contributed by atoms with van der Waals surface area (Å²) in [5, 5.41) is 7.62. The monoisotopic (exact) mass is 464 g/mol. The molecule has 6 nitrogen and oxygen atoms in total. The smallest absolute Gasteiger partial charge is 0.260 e. The minimum atomic E-state index is -0.324. The number of nitrogens with one attached hydrogen (secondary N) is 1. The molecule has 1 aliphatic rings. The SMILES string of the molecule is Cc1nn(Cc2ccccc2)c(Cl)c1C(=O)Nc1ccc(C(=O)N(C)C2CCCCC2)cc1. The molecule has 0 bridgehead atoms. The molecule has 0 radical (unpaired) electrons. The molecule has 0 atom stereocenters. The van der Waals surface area contributed by atoms with Crippen LogP contribution in [0, 0.1) is 6.92 Å². The van der Waals surface area contributed by atoms with Crippen LogP contribution in [0.25, 0.3) is 0 Å². The van der Waals surface area contributed by atoms with Gasteiger partial charge in [-0.05, 0) is 49.6 Å². The van der Waals surface area contributed by atoms with Crippen LogP contribution < -0.4 is 5.32 Å². The highest BCUT2D eigenvalue weighted by atomic mass is 35.5. The number of aryl methyl sites for hydroxylation is 1. The van der Waals surface area contributed by atoms with Crippen molar-refractivity contribution in [2.45, 2.75) is 51.6 Å². The maximum Gasteiger partial charge on any atom is 0.260 e. The zero-order valence-electron chi connectivity index (χ0n) is 19.1. The lowest BCUT2D eigenvalue weighted by molar-refractivity contribution is 0.0696. The van der Waals surface area contributed by atoms with Gasteiger partial charge in [-0.15, -0.1) is 0 Å². The van der Waals surface area contributed by atoms with Crippen molar-refractivity contribution in [3.63, 3.8) is 0 Å². The van der Waals surface area contributed by atoms with Crippen molar-refractivity contribution in [3.05, 3.63) is 82.1 Å². The van der Waals surface area contributed by atoms with Crippen LogP contribution in [-0.4, -0.2) is 39.6 Å². The zero-order chi connectivity index (χ0) is 23.4. The molecule has 3 aromatic rings. The van der Waals surface area contributed by atoms with Gasteiger partial charge in [-0.2, -0.15) is 5.10 Å². The summed E-state index contributed by atoms with van der Waals surface area (Å²) in [5.41, 5.74) is 3.18. The fourth-order valence-electron chi connectivity index (χ4n) is 4.40. The van der Waals surface area contributed by atoms with Gasteiger partial charge in [-0.1, -0.05) is 61.2 Å². The Morgan fingerprint density at radius 1 is 1.06 bits per heavy atom. The summed E-state index contributed by atoms with van der Waals surface area (Å²) in [5.74, 6) is -0.309. The van der Waals surface area contributed by atoms with E-state index in [-0.39, 0.29) is 11.8 Å². The van der Waals surface area contributed by atoms with Crippen molar-refractivity contribution in [2.75, 3.05) is 12.4 Å². The molecule has 1 fully saturated rings. The number of nitrogens with zero attached hydrogens (tertiary/aromatic N) is 3. The summed E-state index contributed by atoms with van der Waals surface area (Å²) < 4.78 is 1.63. The fraction of sp³-hybridized carbons (Fsp3) is 0.346. The molecule has 0 saturated heterocycles. The number of rotatable bonds is 6. The molecule has 172 valence electrons. The number of halogens is 1. The number of hydrogen-bond acceptors (Lipinski definition) is 3. The molecule has 1 heterocycles. The Morgan fingerprint density at radius 2 is 1.73 bits per heavy atom. The summed E-state index contributed by atoms with van der Waals surface area (Å²) >= 11 is 6.51. The highest BCUT2D eigenvalue weighted by Gasteiger charge is 2.24. The predicted octanol–water partition coefficient (Wildman–Crippen LogP) is 5.55. The minimum Gasteiger partial charge on any atom is -0.339 e. The lowest BCUT2D eigenvalue weighted by Gasteiger charge is -2.31. The van der Waals surface area contributed by atoms with E-state index in [0.717, 1.165) is 18.4 Å². The van der Waals surface area contributed by atoms with Gasteiger partial charge in [0.1, 0.15) is 5.15 Å². The summed E-state index contributed by atoms with van der Waals surface area (Å²) in [4.78, 5) is 27.6. The van der Waals surface area contributed by atoms with E-state index in [1.165, 1.54) is 19.3 Å². The van der Waals surface area contributed by atoms with Crippen LogP contribution in [0.5, 0.6) is 0 Å². The third kappa shape index (κ3) is 5.28. The van der Waals surface area contributed by atoms with Crippen LogP contribution in [0.15, 0.2) is 54.6 Å². The summed E-state index contributed by atoms with van der Waals surface area (Å²) in [6, 6.07) is 17.1. The van der Waals surface area contributed by atoms with Crippen molar-refractivity contribution in [3.8, 4) is 0 Å². The van der Waals surface area contributed by atoms with Crippen LogP contribution in [0.2, 0.25) is 5.15 Å². The second-order valence-corrected chi connectivity index (χ2v) is 8.99. The molecule has 33 heavy (non-hydrogen) atoms. The number of benzene rings is 2. The van der Waals surface area contributed by atoms with E-state index in [1.807, 2.05) is 42.3 Å². The number of carbonyl (C=O) groups is 2. The van der Waals surface area contributed by atoms with Gasteiger partial charge in [0.15, 0.2) is 0 Å². The van der Waals surface area contributed by atoms with Crippen LogP contribution in [0.4, 0.5) is 5.69 Å². The molecule has 2 amide bonds. The van der Waals surface area contributed by atoms with Gasteiger partial charge in [0, 0.05) is 24.3 Å². The van der Waals surface area contributed by atoms with Gasteiger partial charge >= 0.3 is 0 Å². The first kappa shape index (κ1) is 23.1. The molecule has 1 aliphatic carbocycles. The maximum absolute atomic E-state index is 12.9. The van der Waals surface area contributed by atoms with Crippen molar-refractivity contribution < 1.29 is 9.59 Å². The van der Waals surface area contributed by atoms with Gasteiger partial charge in [-0.25, -0.2) is 4.68 Å². The van der Waals surface area contributed by atoms with Crippen LogP contribution in [0.1, 0.15) is 64.1 Å². The fourth-order valence-corrected chi connectivity index (χ4v) is 4.72. The second-order valence-electron chi connectivity index (χ2n) is 8.63. The molecule has 0 aliphatic heterocycles. The third-order valence-electron chi connectivity index (χ3n) is 6.30. The molecule has 0 unspecified atom stereocenters. The Labute approximate surface area is 199 Å². The van der Waals surface area contributed by atoms with E-state index < -0.39 is 0 Å². The Morgan fingerprint density at radius 3 is 2.39 bits per heavy atom. The quantitative estimate of drug-likeness (QED) is 0.520. The van der Waals surface area contributed by atoms with E-state index in [9.17, 15) is 9.59 Å². The number of aromatic nitrogens is 2. The van der Waals surface area contributed by atoms with E-state index in [4.69, 9.17) is 11.6 Å². The van der Waals surface area contributed by atoms with E-state index in [0.29, 0.717) is 40.2 Å². The largest absolute Gasteiger partial charge is 0.339 e. The molecule has 4 rings (SSSR count). The highest BCUT2D eigenvalue weighted by Crippen LogP contribution is 2.25. The molecule has 7 heteroatoms. The average molecular weight is 465 g/mol. The van der Waals surface area contributed by atoms with E-state index >= 15 is 0 Å². The zero-order valence-corrected chi connectivity index (χ0v) is 19.8. The Kier molecular flexibility index (Phi) is 7.14. The number of anilines is 1. The van der Waals surface area contributed by atoms with Gasteiger partial charge in [-0.3, -0.25) is 9.59 Å². The molecule has 1 aromatic heterocycles. The van der Waals surface area contributed by atoms with E-state index in [1.54, 1.807) is 35.9 Å². The van der Waals surface area contributed by atoms with Crippen LogP contribution in [-0.2, 0) is 6.54 Å². The second kappa shape index (κ2) is 10.2. The van der Waals surface area contributed by atoms with Crippen LogP contribution in [0.3, 0.4) is 0 Å². The normalized spacial score (nSPS) is 14.2. The summed E-state index contributed by atoms with van der Waals surface area (Å²) in [6.45, 7) is 2.25. The minimum absolute atomic E-state index is 0.0147. The lowest BCUT2D eigenvalue weighted by atomic mass is 9.94. The highest BCUT2D eigenvalue weighted by molar-refractivity contribution is 6.33. The number of amides is 2. The summed E-state index contributed by atoms with van der Waals surface area (Å²) in [7, 11) is 1.88. The third-order valence-corrected chi connectivity index (χ3v) is 6.68. The maximum atomic E-state index is 12.9. The van der Waals surface area contributed by atoms with Crippen molar-refractivity contribution in [1.82, 2.24) is 14.7 Å². The van der Waals surface area contributed by atoms with Crippen molar-refractivity contribution in [1.29, 1.82) is 0 Å². The first-order valence-electron chi connectivity index (χ1n) is 11.4.